The van der Waals surface area contributed by atoms with E-state index in [1.165, 1.54) is 0 Å². The van der Waals surface area contributed by atoms with Crippen LogP contribution in [0.25, 0.3) is 0 Å². The van der Waals surface area contributed by atoms with Crippen LogP contribution in [0.2, 0.25) is 0 Å². The summed E-state index contributed by atoms with van der Waals surface area (Å²) in [5.74, 6) is 0. The molecule has 0 spiro atoms. The minimum Gasteiger partial charge on any atom is -0.372 e. The van der Waals surface area contributed by atoms with E-state index in [0.29, 0.717) is 6.61 Å². The second-order valence-corrected chi connectivity index (χ2v) is 3.50. The molecule has 0 aromatic rings. The predicted molar refractivity (Wildman–Crippen MR) is 48.9 cm³/mol. The maximum absolute atomic E-state index is 5.38. The van der Waals surface area contributed by atoms with Crippen molar-refractivity contribution in [1.82, 2.24) is 0 Å². The zero-order valence-electron chi connectivity index (χ0n) is 6.15. The number of halogens is 1. The highest BCUT2D eigenvalue weighted by atomic mass is 127. The summed E-state index contributed by atoms with van der Waals surface area (Å²) in [4.78, 5) is 0. The first-order valence-electron chi connectivity index (χ1n) is 2.95. The van der Waals surface area contributed by atoms with E-state index in [2.05, 4.69) is 22.6 Å². The predicted octanol–water partition coefficient (Wildman–Crippen LogP) is 2.75. The molecule has 0 fully saturated rings. The van der Waals surface area contributed by atoms with E-state index in [1.807, 2.05) is 30.9 Å². The van der Waals surface area contributed by atoms with Crippen LogP contribution in [0.4, 0.5) is 0 Å². The molecule has 0 aromatic carbocycles. The summed E-state index contributed by atoms with van der Waals surface area (Å²) >= 11 is 2.18. The van der Waals surface area contributed by atoms with Crippen LogP contribution in [-0.4, -0.2) is 12.2 Å². The monoisotopic (exact) mass is 240 g/mol. The van der Waals surface area contributed by atoms with Crippen LogP contribution in [0.5, 0.6) is 0 Å². The zero-order valence-corrected chi connectivity index (χ0v) is 8.31. The number of ether oxygens (including phenoxy) is 1. The first kappa shape index (κ1) is 9.43. The Balaban J connectivity index is 3.28. The van der Waals surface area contributed by atoms with Crippen molar-refractivity contribution in [3.63, 3.8) is 0 Å². The number of hydrogen-bond donors (Lipinski definition) is 0. The van der Waals surface area contributed by atoms with Gasteiger partial charge in [0, 0.05) is 0 Å². The van der Waals surface area contributed by atoms with Crippen LogP contribution in [-0.2, 0) is 4.74 Å². The SMILES string of the molecule is CC(C)(C)OC/C=C/I. The Bertz CT molecular complexity index is 91.6. The normalized spacial score (nSPS) is 12.9. The molecule has 2 heteroatoms. The van der Waals surface area contributed by atoms with E-state index in [4.69, 9.17) is 4.74 Å². The highest BCUT2D eigenvalue weighted by molar-refractivity contribution is 14.1. The average Bonchev–Trinajstić information content (AvgIpc) is 1.63. The lowest BCUT2D eigenvalue weighted by molar-refractivity contribution is 0.0151. The highest BCUT2D eigenvalue weighted by Gasteiger charge is 2.07. The third-order valence-corrected chi connectivity index (χ3v) is 1.21. The Kier molecular flexibility index (Phi) is 4.48. The molecule has 0 saturated heterocycles. The van der Waals surface area contributed by atoms with Crippen molar-refractivity contribution in [1.29, 1.82) is 0 Å². The topological polar surface area (TPSA) is 9.23 Å². The third-order valence-electron chi connectivity index (χ3n) is 0.702. The van der Waals surface area contributed by atoms with Gasteiger partial charge in [0.1, 0.15) is 0 Å². The fourth-order valence-electron chi connectivity index (χ4n) is 0.334. The Hall–Kier alpha value is 0.430. The number of hydrogen-bond acceptors (Lipinski definition) is 1. The summed E-state index contributed by atoms with van der Waals surface area (Å²) in [6, 6.07) is 0. The minimum absolute atomic E-state index is 0.00382. The highest BCUT2D eigenvalue weighted by Crippen LogP contribution is 2.05. The van der Waals surface area contributed by atoms with Crippen molar-refractivity contribution in [2.75, 3.05) is 6.61 Å². The second-order valence-electron chi connectivity index (χ2n) is 2.79. The van der Waals surface area contributed by atoms with Crippen molar-refractivity contribution in [3.8, 4) is 0 Å². The van der Waals surface area contributed by atoms with Crippen molar-refractivity contribution >= 4 is 22.6 Å². The van der Waals surface area contributed by atoms with Gasteiger partial charge in [0.2, 0.25) is 0 Å². The van der Waals surface area contributed by atoms with Crippen molar-refractivity contribution in [2.24, 2.45) is 0 Å². The van der Waals surface area contributed by atoms with E-state index < -0.39 is 0 Å². The molecule has 0 unspecified atom stereocenters. The zero-order chi connectivity index (χ0) is 7.33. The maximum atomic E-state index is 5.38. The van der Waals surface area contributed by atoms with Crippen LogP contribution in [0, 0.1) is 0 Å². The Labute approximate surface area is 70.6 Å². The molecule has 0 aromatic heterocycles. The van der Waals surface area contributed by atoms with Crippen LogP contribution < -0.4 is 0 Å². The molecule has 0 amide bonds. The Morgan fingerprint density at radius 3 is 2.33 bits per heavy atom. The lowest BCUT2D eigenvalue weighted by atomic mass is 10.2. The van der Waals surface area contributed by atoms with Gasteiger partial charge in [-0.1, -0.05) is 28.7 Å². The van der Waals surface area contributed by atoms with Gasteiger partial charge in [-0.25, -0.2) is 0 Å². The van der Waals surface area contributed by atoms with Gasteiger partial charge in [0.05, 0.1) is 12.2 Å². The minimum atomic E-state index is -0.00382. The molecular weight excluding hydrogens is 227 g/mol. The summed E-state index contributed by atoms with van der Waals surface area (Å²) in [6.07, 6.45) is 1.99. The van der Waals surface area contributed by atoms with Gasteiger partial charge in [0.25, 0.3) is 0 Å². The van der Waals surface area contributed by atoms with Gasteiger partial charge in [-0.2, -0.15) is 0 Å². The van der Waals surface area contributed by atoms with E-state index in [-0.39, 0.29) is 5.60 Å². The van der Waals surface area contributed by atoms with Crippen LogP contribution in [0.1, 0.15) is 20.8 Å². The van der Waals surface area contributed by atoms with Gasteiger partial charge in [-0.05, 0) is 24.9 Å². The Morgan fingerprint density at radius 2 is 2.00 bits per heavy atom. The smallest absolute Gasteiger partial charge is 0.0661 e. The lowest BCUT2D eigenvalue weighted by Crippen LogP contribution is -2.18. The molecule has 0 atom stereocenters. The van der Waals surface area contributed by atoms with Gasteiger partial charge in [0.15, 0.2) is 0 Å². The molecule has 0 aliphatic carbocycles. The average molecular weight is 240 g/mol. The van der Waals surface area contributed by atoms with E-state index in [1.54, 1.807) is 0 Å². The fraction of sp³-hybridized carbons (Fsp3) is 0.714. The molecule has 9 heavy (non-hydrogen) atoms. The van der Waals surface area contributed by atoms with Crippen molar-refractivity contribution in [3.05, 3.63) is 10.2 Å². The quantitative estimate of drug-likeness (QED) is 0.674. The molecule has 0 saturated carbocycles. The van der Waals surface area contributed by atoms with Crippen molar-refractivity contribution in [2.45, 2.75) is 26.4 Å². The van der Waals surface area contributed by atoms with Gasteiger partial charge in [-0.15, -0.1) is 0 Å². The van der Waals surface area contributed by atoms with Gasteiger partial charge < -0.3 is 4.74 Å². The first-order chi connectivity index (χ1) is 4.06. The fourth-order valence-corrected chi connectivity index (χ4v) is 0.542. The maximum Gasteiger partial charge on any atom is 0.0661 e. The van der Waals surface area contributed by atoms with E-state index in [9.17, 15) is 0 Å². The molecule has 0 rings (SSSR count). The standard InChI is InChI=1S/C7H13IO/c1-7(2,3)9-6-4-5-8/h4-5H,6H2,1-3H3/b5-4+. The summed E-state index contributed by atoms with van der Waals surface area (Å²) in [6.45, 7) is 6.86. The van der Waals surface area contributed by atoms with Crippen LogP contribution in [0.3, 0.4) is 0 Å². The summed E-state index contributed by atoms with van der Waals surface area (Å²) in [5.41, 5.74) is -0.00382. The largest absolute Gasteiger partial charge is 0.372 e. The van der Waals surface area contributed by atoms with Crippen LogP contribution in [0.15, 0.2) is 10.2 Å². The van der Waals surface area contributed by atoms with E-state index >= 15 is 0 Å². The second kappa shape index (κ2) is 4.28. The first-order valence-corrected chi connectivity index (χ1v) is 4.20. The molecular formula is C7H13IO. The van der Waals surface area contributed by atoms with E-state index in [0.717, 1.165) is 0 Å². The molecule has 0 heterocycles. The molecule has 0 radical (unpaired) electrons. The Morgan fingerprint density at radius 1 is 1.44 bits per heavy atom. The molecule has 1 nitrogen and oxygen atoms in total. The third kappa shape index (κ3) is 8.43. The molecule has 54 valence electrons. The van der Waals surface area contributed by atoms with Crippen LogP contribution >= 0.6 is 22.6 Å². The molecule has 0 N–H and O–H groups in total. The summed E-state index contributed by atoms with van der Waals surface area (Å²) < 4.78 is 7.34. The molecule has 0 bridgehead atoms. The summed E-state index contributed by atoms with van der Waals surface area (Å²) in [5, 5.41) is 0. The summed E-state index contributed by atoms with van der Waals surface area (Å²) in [7, 11) is 0. The molecule has 0 aliphatic heterocycles. The van der Waals surface area contributed by atoms with Gasteiger partial charge >= 0.3 is 0 Å². The number of rotatable bonds is 2. The van der Waals surface area contributed by atoms with Gasteiger partial charge in [-0.3, -0.25) is 0 Å². The lowest BCUT2D eigenvalue weighted by Gasteiger charge is -2.17. The van der Waals surface area contributed by atoms with Crippen molar-refractivity contribution < 1.29 is 4.74 Å². The molecule has 0 aliphatic rings.